The Balaban J connectivity index is 2.62. The summed E-state index contributed by atoms with van der Waals surface area (Å²) >= 11 is 0. The van der Waals surface area contributed by atoms with Gasteiger partial charge in [-0.3, -0.25) is 4.79 Å². The van der Waals surface area contributed by atoms with Gasteiger partial charge in [0.15, 0.2) is 0 Å². The lowest BCUT2D eigenvalue weighted by atomic mass is 9.61. The van der Waals surface area contributed by atoms with Crippen molar-refractivity contribution in [3.05, 3.63) is 0 Å². The molecule has 1 rings (SSSR count). The van der Waals surface area contributed by atoms with Gasteiger partial charge < -0.3 is 15.7 Å². The number of carbonyl (C=O) groups is 2. The highest BCUT2D eigenvalue weighted by Crippen LogP contribution is 2.45. The number of hydrogen-bond acceptors (Lipinski definition) is 2. The van der Waals surface area contributed by atoms with Gasteiger partial charge in [-0.1, -0.05) is 20.8 Å². The molecule has 122 valence electrons. The molecular formula is C13H21F3N2O3. The molecule has 8 heteroatoms. The fourth-order valence-electron chi connectivity index (χ4n) is 2.84. The van der Waals surface area contributed by atoms with Crippen molar-refractivity contribution in [3.63, 3.8) is 0 Å². The number of carbonyl (C=O) groups excluding carboxylic acids is 1. The van der Waals surface area contributed by atoms with E-state index in [9.17, 15) is 27.9 Å². The van der Waals surface area contributed by atoms with E-state index in [0.29, 0.717) is 12.8 Å². The Hall–Kier alpha value is -1.47. The van der Waals surface area contributed by atoms with Gasteiger partial charge in [-0.15, -0.1) is 0 Å². The van der Waals surface area contributed by atoms with Crippen molar-refractivity contribution >= 4 is 12.0 Å². The molecule has 0 saturated heterocycles. The summed E-state index contributed by atoms with van der Waals surface area (Å²) in [5.74, 6) is -1.57. The number of carboxylic acids is 1. The molecule has 3 unspecified atom stereocenters. The molecule has 5 nitrogen and oxygen atoms in total. The molecule has 0 bridgehead atoms. The van der Waals surface area contributed by atoms with Crippen molar-refractivity contribution in [3.8, 4) is 0 Å². The van der Waals surface area contributed by atoms with Crippen LogP contribution in [0.1, 0.15) is 33.6 Å². The van der Waals surface area contributed by atoms with E-state index in [4.69, 9.17) is 0 Å². The van der Waals surface area contributed by atoms with Crippen LogP contribution in [0.4, 0.5) is 18.0 Å². The largest absolute Gasteiger partial charge is 0.481 e. The maximum Gasteiger partial charge on any atom is 0.405 e. The van der Waals surface area contributed by atoms with Crippen molar-refractivity contribution in [2.24, 2.45) is 17.3 Å². The molecule has 0 aromatic heterocycles. The Bertz CT molecular complexity index is 410. The molecule has 3 N–H and O–H groups in total. The first kappa shape index (κ1) is 17.6. The van der Waals surface area contributed by atoms with Gasteiger partial charge in [-0.05, 0) is 24.2 Å². The first-order valence-corrected chi connectivity index (χ1v) is 6.79. The second kappa shape index (κ2) is 6.11. The van der Waals surface area contributed by atoms with E-state index in [2.05, 4.69) is 5.32 Å². The van der Waals surface area contributed by atoms with Crippen molar-refractivity contribution < 1.29 is 27.9 Å². The number of halogens is 3. The summed E-state index contributed by atoms with van der Waals surface area (Å²) < 4.78 is 36.1. The van der Waals surface area contributed by atoms with E-state index in [-0.39, 0.29) is 12.0 Å². The van der Waals surface area contributed by atoms with Gasteiger partial charge in [-0.2, -0.15) is 13.2 Å². The molecule has 1 saturated carbocycles. The maximum atomic E-state index is 12.0. The van der Waals surface area contributed by atoms with Crippen LogP contribution in [0.25, 0.3) is 0 Å². The molecule has 0 aliphatic heterocycles. The van der Waals surface area contributed by atoms with E-state index < -0.39 is 36.1 Å². The molecule has 1 fully saturated rings. The standard InChI is InChI=1S/C13H21F3N2O3/c1-7-9(18-11(21)17-6-13(14,15)16)5-4-8(10(19)20)12(7,2)3/h7-9H,4-6H2,1-3H3,(H,19,20)(H2,17,18,21). The average molecular weight is 310 g/mol. The summed E-state index contributed by atoms with van der Waals surface area (Å²) in [5, 5.41) is 13.5. The van der Waals surface area contributed by atoms with Crippen LogP contribution in [0, 0.1) is 17.3 Å². The first-order valence-electron chi connectivity index (χ1n) is 6.79. The van der Waals surface area contributed by atoms with Crippen LogP contribution >= 0.6 is 0 Å². The lowest BCUT2D eigenvalue weighted by molar-refractivity contribution is -0.150. The number of amides is 2. The van der Waals surface area contributed by atoms with Gasteiger partial charge >= 0.3 is 18.2 Å². The summed E-state index contributed by atoms with van der Waals surface area (Å²) in [6, 6.07) is -1.22. The number of alkyl halides is 3. The smallest absolute Gasteiger partial charge is 0.405 e. The molecule has 0 aromatic carbocycles. The highest BCUT2D eigenvalue weighted by atomic mass is 19.4. The summed E-state index contributed by atoms with van der Waals surface area (Å²) in [7, 11) is 0. The topological polar surface area (TPSA) is 78.4 Å². The van der Waals surface area contributed by atoms with Gasteiger partial charge in [-0.25, -0.2) is 4.79 Å². The zero-order valence-corrected chi connectivity index (χ0v) is 12.3. The SMILES string of the molecule is CC1C(NC(=O)NCC(F)(F)F)CCC(C(=O)O)C1(C)C. The minimum atomic E-state index is -4.46. The van der Waals surface area contributed by atoms with Crippen LogP contribution in [0.15, 0.2) is 0 Å². The Morgan fingerprint density at radius 2 is 1.86 bits per heavy atom. The van der Waals surface area contributed by atoms with E-state index in [1.807, 2.05) is 6.92 Å². The molecule has 1 aliphatic carbocycles. The summed E-state index contributed by atoms with van der Waals surface area (Å²) in [6.07, 6.45) is -3.64. The molecule has 3 atom stereocenters. The van der Waals surface area contributed by atoms with Crippen LogP contribution in [0.3, 0.4) is 0 Å². The van der Waals surface area contributed by atoms with Crippen LogP contribution in [-0.2, 0) is 4.79 Å². The van der Waals surface area contributed by atoms with Crippen LogP contribution < -0.4 is 10.6 Å². The van der Waals surface area contributed by atoms with Gasteiger partial charge in [0, 0.05) is 6.04 Å². The van der Waals surface area contributed by atoms with Crippen LogP contribution in [0.2, 0.25) is 0 Å². The fraction of sp³-hybridized carbons (Fsp3) is 0.846. The summed E-state index contributed by atoms with van der Waals surface area (Å²) in [5.41, 5.74) is -0.550. The first-order chi connectivity index (χ1) is 9.45. The lowest BCUT2D eigenvalue weighted by Crippen LogP contribution is -2.54. The molecule has 0 spiro atoms. The third-order valence-electron chi connectivity index (χ3n) is 4.51. The molecule has 1 aliphatic rings. The fourth-order valence-corrected chi connectivity index (χ4v) is 2.84. The van der Waals surface area contributed by atoms with Crippen LogP contribution in [-0.4, -0.2) is 35.9 Å². The van der Waals surface area contributed by atoms with Crippen LogP contribution in [0.5, 0.6) is 0 Å². The zero-order chi connectivity index (χ0) is 16.4. The minimum Gasteiger partial charge on any atom is -0.481 e. The molecular weight excluding hydrogens is 289 g/mol. The van der Waals surface area contributed by atoms with Crippen molar-refractivity contribution in [2.75, 3.05) is 6.54 Å². The number of rotatable bonds is 3. The second-order valence-electron chi connectivity index (χ2n) is 6.13. The maximum absolute atomic E-state index is 12.0. The van der Waals surface area contributed by atoms with Gasteiger partial charge in [0.25, 0.3) is 0 Å². The molecule has 21 heavy (non-hydrogen) atoms. The van der Waals surface area contributed by atoms with Gasteiger partial charge in [0.05, 0.1) is 5.92 Å². The quantitative estimate of drug-likeness (QED) is 0.749. The van der Waals surface area contributed by atoms with Gasteiger partial charge in [0.2, 0.25) is 0 Å². The predicted molar refractivity (Wildman–Crippen MR) is 69.7 cm³/mol. The number of urea groups is 1. The number of hydrogen-bond donors (Lipinski definition) is 3. The molecule has 2 amide bonds. The second-order valence-corrected chi connectivity index (χ2v) is 6.13. The number of carboxylic acid groups (broad SMARTS) is 1. The van der Waals surface area contributed by atoms with Gasteiger partial charge in [0.1, 0.15) is 6.54 Å². The van der Waals surface area contributed by atoms with Crippen molar-refractivity contribution in [2.45, 2.75) is 45.8 Å². The van der Waals surface area contributed by atoms with Crippen molar-refractivity contribution in [1.82, 2.24) is 10.6 Å². The third kappa shape index (κ3) is 4.50. The Morgan fingerprint density at radius 3 is 2.33 bits per heavy atom. The normalized spacial score (nSPS) is 28.8. The molecule has 0 heterocycles. The van der Waals surface area contributed by atoms with E-state index in [1.54, 1.807) is 19.2 Å². The minimum absolute atomic E-state index is 0.163. The molecule has 0 radical (unpaired) electrons. The lowest BCUT2D eigenvalue weighted by Gasteiger charge is -2.46. The average Bonchev–Trinajstić information content (AvgIpc) is 2.31. The highest BCUT2D eigenvalue weighted by Gasteiger charge is 2.46. The van der Waals surface area contributed by atoms with Crippen molar-refractivity contribution in [1.29, 1.82) is 0 Å². The van der Waals surface area contributed by atoms with E-state index in [1.165, 1.54) is 0 Å². The Labute approximate surface area is 121 Å². The number of nitrogens with one attached hydrogen (secondary N) is 2. The Morgan fingerprint density at radius 1 is 1.29 bits per heavy atom. The zero-order valence-electron chi connectivity index (χ0n) is 12.3. The highest BCUT2D eigenvalue weighted by molar-refractivity contribution is 5.74. The monoisotopic (exact) mass is 310 g/mol. The van der Waals surface area contributed by atoms with E-state index in [0.717, 1.165) is 0 Å². The van der Waals surface area contributed by atoms with E-state index >= 15 is 0 Å². The number of aliphatic carboxylic acids is 1. The summed E-state index contributed by atoms with van der Waals surface area (Å²) in [4.78, 5) is 22.7. The Kier molecular flexibility index (Phi) is 5.11. The predicted octanol–water partition coefficient (Wildman–Crippen LogP) is 2.37. The molecule has 0 aromatic rings. The summed E-state index contributed by atoms with van der Waals surface area (Å²) in [6.45, 7) is 4.03. The third-order valence-corrected chi connectivity index (χ3v) is 4.51.